The van der Waals surface area contributed by atoms with Crippen molar-refractivity contribution in [2.75, 3.05) is 52.4 Å². The van der Waals surface area contributed by atoms with Gasteiger partial charge >= 0.3 is 0 Å². The first kappa shape index (κ1) is 20.8. The third kappa shape index (κ3) is 4.67. The zero-order valence-electron chi connectivity index (χ0n) is 18.3. The van der Waals surface area contributed by atoms with Crippen LogP contribution in [0.5, 0.6) is 0 Å². The summed E-state index contributed by atoms with van der Waals surface area (Å²) in [4.78, 5) is 20.1. The zero-order valence-corrected chi connectivity index (χ0v) is 18.3. The molecule has 7 heteroatoms. The number of piperidine rings is 1. The molecule has 0 N–H and O–H groups in total. The van der Waals surface area contributed by atoms with Crippen LogP contribution in [0.2, 0.25) is 0 Å². The molecule has 1 unspecified atom stereocenters. The Bertz CT molecular complexity index is 687. The van der Waals surface area contributed by atoms with E-state index in [2.05, 4.69) is 28.7 Å². The molecule has 7 nitrogen and oxygen atoms in total. The maximum absolute atomic E-state index is 12.8. The lowest BCUT2D eigenvalue weighted by atomic mass is 9.81. The molecule has 1 aromatic rings. The summed E-state index contributed by atoms with van der Waals surface area (Å²) in [5.41, 5.74) is 0.629. The van der Waals surface area contributed by atoms with Gasteiger partial charge in [0.2, 0.25) is 0 Å². The predicted octanol–water partition coefficient (Wildman–Crippen LogP) is 1.85. The summed E-state index contributed by atoms with van der Waals surface area (Å²) in [6.45, 7) is 13.0. The van der Waals surface area contributed by atoms with Crippen molar-refractivity contribution < 1.29 is 9.53 Å². The summed E-state index contributed by atoms with van der Waals surface area (Å²) in [5, 5.41) is 4.13. The summed E-state index contributed by atoms with van der Waals surface area (Å²) < 4.78 is 8.02. The van der Waals surface area contributed by atoms with Crippen molar-refractivity contribution in [1.29, 1.82) is 0 Å². The topological polar surface area (TPSA) is 53.8 Å². The summed E-state index contributed by atoms with van der Waals surface area (Å²) in [6, 6.07) is 2.43. The third-order valence-electron chi connectivity index (χ3n) is 7.02. The summed E-state index contributed by atoms with van der Waals surface area (Å²) in [7, 11) is 1.83. The van der Waals surface area contributed by atoms with Gasteiger partial charge in [-0.15, -0.1) is 0 Å². The number of carbonyl (C=O) groups is 1. The maximum Gasteiger partial charge on any atom is 0.272 e. The minimum absolute atomic E-state index is 0.0405. The van der Waals surface area contributed by atoms with Crippen LogP contribution < -0.4 is 0 Å². The Hall–Kier alpha value is -1.44. The second-order valence-electron chi connectivity index (χ2n) is 9.54. The average molecular weight is 404 g/mol. The highest BCUT2D eigenvalue weighted by molar-refractivity contribution is 5.92. The standard InChI is InChI=1S/C22H37N5O2/c1-18(2)17-25-11-13-26(14-12-25)19-5-15-29-22(16-19)6-9-27(10-7-22)21(28)20-4-8-23-24(20)3/h4,8,18-19H,5-7,9-17H2,1-3H3. The quantitative estimate of drug-likeness (QED) is 0.768. The number of likely N-dealkylation sites (tertiary alicyclic amines) is 1. The van der Waals surface area contributed by atoms with Crippen LogP contribution in [0.25, 0.3) is 0 Å². The molecule has 3 aliphatic heterocycles. The Kier molecular flexibility index (Phi) is 6.27. The monoisotopic (exact) mass is 403 g/mol. The van der Waals surface area contributed by atoms with E-state index >= 15 is 0 Å². The van der Waals surface area contributed by atoms with Gasteiger partial charge in [0, 0.05) is 71.7 Å². The number of aromatic nitrogens is 2. The van der Waals surface area contributed by atoms with Gasteiger partial charge in [-0.3, -0.25) is 14.4 Å². The van der Waals surface area contributed by atoms with Crippen LogP contribution in [0, 0.1) is 5.92 Å². The Morgan fingerprint density at radius 2 is 1.93 bits per heavy atom. The first-order valence-corrected chi connectivity index (χ1v) is 11.3. The number of hydrogen-bond donors (Lipinski definition) is 0. The number of hydrogen-bond acceptors (Lipinski definition) is 5. The fourth-order valence-electron chi connectivity index (χ4n) is 5.35. The minimum atomic E-state index is -0.0405. The lowest BCUT2D eigenvalue weighted by Crippen LogP contribution is -2.57. The van der Waals surface area contributed by atoms with Crippen LogP contribution >= 0.6 is 0 Å². The van der Waals surface area contributed by atoms with Crippen molar-refractivity contribution in [2.45, 2.75) is 51.2 Å². The highest BCUT2D eigenvalue weighted by Crippen LogP contribution is 2.37. The molecular formula is C22H37N5O2. The third-order valence-corrected chi connectivity index (χ3v) is 7.02. The lowest BCUT2D eigenvalue weighted by molar-refractivity contribution is -0.132. The normalized spacial score (nSPS) is 26.3. The highest BCUT2D eigenvalue weighted by atomic mass is 16.5. The highest BCUT2D eigenvalue weighted by Gasteiger charge is 2.43. The second kappa shape index (κ2) is 8.74. The molecule has 1 aromatic heterocycles. The van der Waals surface area contributed by atoms with Gasteiger partial charge in [0.1, 0.15) is 5.69 Å². The van der Waals surface area contributed by atoms with Crippen molar-refractivity contribution in [1.82, 2.24) is 24.5 Å². The van der Waals surface area contributed by atoms with Gasteiger partial charge < -0.3 is 14.5 Å². The van der Waals surface area contributed by atoms with Crippen molar-refractivity contribution in [2.24, 2.45) is 13.0 Å². The first-order chi connectivity index (χ1) is 14.0. The number of aryl methyl sites for hydroxylation is 1. The van der Waals surface area contributed by atoms with Crippen LogP contribution in [-0.2, 0) is 11.8 Å². The van der Waals surface area contributed by atoms with E-state index in [-0.39, 0.29) is 11.5 Å². The SMILES string of the molecule is CC(C)CN1CCN(C2CCOC3(CCN(C(=O)c4ccnn4C)CC3)C2)CC1. The largest absolute Gasteiger partial charge is 0.375 e. The van der Waals surface area contributed by atoms with E-state index in [1.54, 1.807) is 16.9 Å². The molecule has 3 saturated heterocycles. The van der Waals surface area contributed by atoms with E-state index < -0.39 is 0 Å². The zero-order chi connectivity index (χ0) is 20.4. The number of nitrogens with zero attached hydrogens (tertiary/aromatic N) is 5. The molecular weight excluding hydrogens is 366 g/mol. The van der Waals surface area contributed by atoms with Crippen LogP contribution in [-0.4, -0.2) is 94.5 Å². The Balaban J connectivity index is 1.30. The summed E-state index contributed by atoms with van der Waals surface area (Å²) in [5.74, 6) is 0.834. The summed E-state index contributed by atoms with van der Waals surface area (Å²) in [6.07, 6.45) is 5.84. The lowest BCUT2D eigenvalue weighted by Gasteiger charge is -2.49. The molecule has 29 heavy (non-hydrogen) atoms. The number of carbonyl (C=O) groups excluding carboxylic acids is 1. The molecule has 4 heterocycles. The van der Waals surface area contributed by atoms with Gasteiger partial charge in [-0.25, -0.2) is 0 Å². The van der Waals surface area contributed by atoms with Gasteiger partial charge in [0.15, 0.2) is 0 Å². The fraction of sp³-hybridized carbons (Fsp3) is 0.818. The molecule has 4 rings (SSSR count). The average Bonchev–Trinajstić information content (AvgIpc) is 3.14. The number of rotatable bonds is 4. The molecule has 3 fully saturated rings. The van der Waals surface area contributed by atoms with E-state index in [4.69, 9.17) is 4.74 Å². The Labute approximate surface area is 175 Å². The van der Waals surface area contributed by atoms with Gasteiger partial charge in [-0.2, -0.15) is 5.10 Å². The van der Waals surface area contributed by atoms with E-state index in [1.165, 1.54) is 32.7 Å². The Morgan fingerprint density at radius 1 is 1.21 bits per heavy atom. The summed E-state index contributed by atoms with van der Waals surface area (Å²) >= 11 is 0. The Morgan fingerprint density at radius 3 is 2.55 bits per heavy atom. The van der Waals surface area contributed by atoms with E-state index in [1.807, 2.05) is 11.9 Å². The van der Waals surface area contributed by atoms with E-state index in [0.717, 1.165) is 51.3 Å². The maximum atomic E-state index is 12.8. The number of amides is 1. The second-order valence-corrected chi connectivity index (χ2v) is 9.54. The first-order valence-electron chi connectivity index (χ1n) is 11.3. The van der Waals surface area contributed by atoms with E-state index in [9.17, 15) is 4.79 Å². The molecule has 0 bridgehead atoms. The van der Waals surface area contributed by atoms with Crippen molar-refractivity contribution in [3.63, 3.8) is 0 Å². The van der Waals surface area contributed by atoms with Gasteiger partial charge in [-0.05, 0) is 37.7 Å². The van der Waals surface area contributed by atoms with Gasteiger partial charge in [0.25, 0.3) is 5.91 Å². The molecule has 0 aliphatic carbocycles. The molecule has 0 saturated carbocycles. The number of ether oxygens (including phenoxy) is 1. The molecule has 1 spiro atoms. The smallest absolute Gasteiger partial charge is 0.272 e. The van der Waals surface area contributed by atoms with Crippen molar-refractivity contribution in [3.05, 3.63) is 18.0 Å². The molecule has 162 valence electrons. The molecule has 0 radical (unpaired) electrons. The van der Waals surface area contributed by atoms with Crippen LogP contribution in [0.15, 0.2) is 12.3 Å². The molecule has 3 aliphatic rings. The van der Waals surface area contributed by atoms with Crippen LogP contribution in [0.4, 0.5) is 0 Å². The minimum Gasteiger partial charge on any atom is -0.375 e. The molecule has 1 atom stereocenters. The van der Waals surface area contributed by atoms with Crippen LogP contribution in [0.3, 0.4) is 0 Å². The number of piperazine rings is 1. The fourth-order valence-corrected chi connectivity index (χ4v) is 5.35. The molecule has 0 aromatic carbocycles. The van der Waals surface area contributed by atoms with Gasteiger partial charge in [-0.1, -0.05) is 13.8 Å². The van der Waals surface area contributed by atoms with Crippen molar-refractivity contribution >= 4 is 5.91 Å². The van der Waals surface area contributed by atoms with Crippen molar-refractivity contribution in [3.8, 4) is 0 Å². The predicted molar refractivity (Wildman–Crippen MR) is 113 cm³/mol. The molecule has 1 amide bonds. The van der Waals surface area contributed by atoms with Crippen LogP contribution in [0.1, 0.15) is 50.0 Å². The van der Waals surface area contributed by atoms with Gasteiger partial charge in [0.05, 0.1) is 5.60 Å². The van der Waals surface area contributed by atoms with E-state index in [0.29, 0.717) is 11.7 Å².